The van der Waals surface area contributed by atoms with Crippen LogP contribution < -0.4 is 11.1 Å². The molecule has 144 valence electrons. The van der Waals surface area contributed by atoms with Gasteiger partial charge in [-0.25, -0.2) is 9.97 Å². The lowest BCUT2D eigenvalue weighted by Gasteiger charge is -2.11. The summed E-state index contributed by atoms with van der Waals surface area (Å²) in [6.07, 6.45) is 1.58. The minimum absolute atomic E-state index is 0.0152. The summed E-state index contributed by atoms with van der Waals surface area (Å²) in [5.41, 5.74) is 1.69. The van der Waals surface area contributed by atoms with Crippen LogP contribution >= 0.6 is 23.1 Å². The van der Waals surface area contributed by atoms with Gasteiger partial charge in [0.05, 0.1) is 22.6 Å². The number of para-hydroxylation sites is 1. The molecule has 6 nitrogen and oxygen atoms in total. The van der Waals surface area contributed by atoms with E-state index in [2.05, 4.69) is 4.98 Å². The highest BCUT2D eigenvalue weighted by atomic mass is 32.2. The molecule has 1 aromatic carbocycles. The highest BCUT2D eigenvalue weighted by Crippen LogP contribution is 2.28. The van der Waals surface area contributed by atoms with Gasteiger partial charge in [-0.05, 0) is 38.5 Å². The molecule has 0 saturated carbocycles. The SMILES string of the molecule is CCn1c(SCCn2cnc3ccccc3c2=O)nc2sc(C)c(C)c2c1=O. The van der Waals surface area contributed by atoms with E-state index in [-0.39, 0.29) is 11.1 Å². The average Bonchev–Trinajstić information content (AvgIpc) is 2.98. The maximum Gasteiger partial charge on any atom is 0.263 e. The van der Waals surface area contributed by atoms with Crippen LogP contribution in [0.5, 0.6) is 0 Å². The normalized spacial score (nSPS) is 11.5. The molecule has 3 heterocycles. The van der Waals surface area contributed by atoms with Crippen molar-refractivity contribution in [1.82, 2.24) is 19.1 Å². The summed E-state index contributed by atoms with van der Waals surface area (Å²) in [5, 5.41) is 2.04. The second-order valence-electron chi connectivity index (χ2n) is 6.52. The number of hydrogen-bond acceptors (Lipinski definition) is 6. The molecular weight excluding hydrogens is 392 g/mol. The van der Waals surface area contributed by atoms with Crippen molar-refractivity contribution in [2.75, 3.05) is 5.75 Å². The highest BCUT2D eigenvalue weighted by molar-refractivity contribution is 7.99. The van der Waals surface area contributed by atoms with Crippen molar-refractivity contribution in [3.63, 3.8) is 0 Å². The van der Waals surface area contributed by atoms with Crippen LogP contribution in [0.25, 0.3) is 21.1 Å². The topological polar surface area (TPSA) is 69.8 Å². The summed E-state index contributed by atoms with van der Waals surface area (Å²) in [4.78, 5) is 36.5. The van der Waals surface area contributed by atoms with E-state index >= 15 is 0 Å². The largest absolute Gasteiger partial charge is 0.298 e. The van der Waals surface area contributed by atoms with Crippen LogP contribution in [-0.2, 0) is 13.1 Å². The quantitative estimate of drug-likeness (QED) is 0.370. The lowest BCUT2D eigenvalue weighted by atomic mass is 10.2. The van der Waals surface area contributed by atoms with E-state index in [9.17, 15) is 9.59 Å². The molecule has 0 spiro atoms. The predicted molar refractivity (Wildman–Crippen MR) is 116 cm³/mol. The minimum atomic E-state index is -0.0491. The number of fused-ring (bicyclic) bond motifs is 2. The van der Waals surface area contributed by atoms with Crippen molar-refractivity contribution in [2.45, 2.75) is 39.0 Å². The summed E-state index contributed by atoms with van der Waals surface area (Å²) in [6.45, 7) is 7.01. The smallest absolute Gasteiger partial charge is 0.263 e. The summed E-state index contributed by atoms with van der Waals surface area (Å²) >= 11 is 3.05. The molecule has 0 unspecified atom stereocenters. The van der Waals surface area contributed by atoms with Crippen LogP contribution in [0.3, 0.4) is 0 Å². The van der Waals surface area contributed by atoms with Crippen molar-refractivity contribution < 1.29 is 0 Å². The number of aromatic nitrogens is 4. The van der Waals surface area contributed by atoms with Gasteiger partial charge in [0.15, 0.2) is 5.16 Å². The molecule has 0 bridgehead atoms. The van der Waals surface area contributed by atoms with Gasteiger partial charge in [0, 0.05) is 23.7 Å². The molecular formula is C20H20N4O2S2. The number of nitrogens with zero attached hydrogens (tertiary/aromatic N) is 4. The molecule has 0 N–H and O–H groups in total. The molecule has 4 rings (SSSR count). The van der Waals surface area contributed by atoms with Gasteiger partial charge in [0.1, 0.15) is 4.83 Å². The standard InChI is InChI=1S/C20H20N4O2S2/c1-4-24-19(26)16-12(2)13(3)28-17(16)22-20(24)27-10-9-23-11-21-15-8-6-5-7-14(15)18(23)25/h5-8,11H,4,9-10H2,1-3H3. The van der Waals surface area contributed by atoms with E-state index in [4.69, 9.17) is 4.98 Å². The van der Waals surface area contributed by atoms with E-state index < -0.39 is 0 Å². The zero-order valence-electron chi connectivity index (χ0n) is 15.9. The Morgan fingerprint density at radius 1 is 1.14 bits per heavy atom. The van der Waals surface area contributed by atoms with Crippen LogP contribution in [0.4, 0.5) is 0 Å². The fourth-order valence-corrected chi connectivity index (χ4v) is 5.27. The van der Waals surface area contributed by atoms with Gasteiger partial charge < -0.3 is 0 Å². The summed E-state index contributed by atoms with van der Waals surface area (Å²) in [7, 11) is 0. The van der Waals surface area contributed by atoms with Gasteiger partial charge in [-0.1, -0.05) is 23.9 Å². The lowest BCUT2D eigenvalue weighted by Crippen LogP contribution is -2.24. The van der Waals surface area contributed by atoms with Crippen molar-refractivity contribution in [1.29, 1.82) is 0 Å². The first-order valence-corrected chi connectivity index (χ1v) is 10.9. The third kappa shape index (κ3) is 3.16. The number of hydrogen-bond donors (Lipinski definition) is 0. The van der Waals surface area contributed by atoms with Crippen LogP contribution in [-0.4, -0.2) is 24.9 Å². The molecule has 0 aliphatic carbocycles. The van der Waals surface area contributed by atoms with Crippen LogP contribution in [0, 0.1) is 13.8 Å². The molecule has 0 aliphatic rings. The molecule has 0 aliphatic heterocycles. The molecule has 0 fully saturated rings. The highest BCUT2D eigenvalue weighted by Gasteiger charge is 2.16. The fourth-order valence-electron chi connectivity index (χ4n) is 3.20. The Morgan fingerprint density at radius 3 is 2.71 bits per heavy atom. The Hall–Kier alpha value is -2.45. The van der Waals surface area contributed by atoms with Crippen molar-refractivity contribution in [3.05, 3.63) is 61.7 Å². The van der Waals surface area contributed by atoms with E-state index in [1.807, 2.05) is 39.0 Å². The van der Waals surface area contributed by atoms with Crippen molar-refractivity contribution in [2.24, 2.45) is 0 Å². The average molecular weight is 413 g/mol. The Labute approximate surface area is 169 Å². The first-order chi connectivity index (χ1) is 13.5. The van der Waals surface area contributed by atoms with E-state index in [0.717, 1.165) is 20.7 Å². The number of rotatable bonds is 5. The predicted octanol–water partition coefficient (Wildman–Crippen LogP) is 3.60. The second kappa shape index (κ2) is 7.52. The Bertz CT molecular complexity index is 1300. The first-order valence-electron chi connectivity index (χ1n) is 9.08. The summed E-state index contributed by atoms with van der Waals surface area (Å²) in [6, 6.07) is 7.34. The Morgan fingerprint density at radius 2 is 1.93 bits per heavy atom. The monoisotopic (exact) mass is 412 g/mol. The molecule has 0 saturated heterocycles. The zero-order chi connectivity index (χ0) is 19.8. The third-order valence-electron chi connectivity index (χ3n) is 4.86. The Kier molecular flexibility index (Phi) is 5.07. The lowest BCUT2D eigenvalue weighted by molar-refractivity contribution is 0.633. The molecule has 4 aromatic rings. The van der Waals surface area contributed by atoms with E-state index in [1.54, 1.807) is 32.9 Å². The fraction of sp³-hybridized carbons (Fsp3) is 0.300. The number of benzene rings is 1. The first kappa shape index (κ1) is 18.9. The van der Waals surface area contributed by atoms with E-state index in [0.29, 0.717) is 34.9 Å². The Balaban J connectivity index is 1.62. The molecule has 0 atom stereocenters. The molecule has 0 radical (unpaired) electrons. The third-order valence-corrected chi connectivity index (χ3v) is 6.92. The summed E-state index contributed by atoms with van der Waals surface area (Å²) in [5.74, 6) is 0.626. The van der Waals surface area contributed by atoms with Crippen LogP contribution in [0.15, 0.2) is 45.3 Å². The maximum atomic E-state index is 12.9. The molecule has 0 amide bonds. The molecule has 28 heavy (non-hydrogen) atoms. The van der Waals surface area contributed by atoms with Crippen LogP contribution in [0.2, 0.25) is 0 Å². The van der Waals surface area contributed by atoms with E-state index in [1.165, 1.54) is 11.8 Å². The number of aryl methyl sites for hydroxylation is 3. The van der Waals surface area contributed by atoms with Gasteiger partial charge in [-0.15, -0.1) is 11.3 Å². The van der Waals surface area contributed by atoms with Gasteiger partial charge >= 0.3 is 0 Å². The van der Waals surface area contributed by atoms with Gasteiger partial charge in [-0.3, -0.25) is 18.7 Å². The zero-order valence-corrected chi connectivity index (χ0v) is 17.6. The molecule has 3 aromatic heterocycles. The van der Waals surface area contributed by atoms with Crippen LogP contribution in [0.1, 0.15) is 17.4 Å². The summed E-state index contributed by atoms with van der Waals surface area (Å²) < 4.78 is 3.33. The van der Waals surface area contributed by atoms with Gasteiger partial charge in [0.2, 0.25) is 0 Å². The second-order valence-corrected chi connectivity index (χ2v) is 8.78. The van der Waals surface area contributed by atoms with Crippen molar-refractivity contribution >= 4 is 44.2 Å². The minimum Gasteiger partial charge on any atom is -0.298 e. The van der Waals surface area contributed by atoms with Crippen molar-refractivity contribution in [3.8, 4) is 0 Å². The number of thiophene rings is 1. The number of thioether (sulfide) groups is 1. The molecule has 8 heteroatoms. The maximum absolute atomic E-state index is 12.9. The van der Waals surface area contributed by atoms with Gasteiger partial charge in [-0.2, -0.15) is 0 Å². The van der Waals surface area contributed by atoms with Gasteiger partial charge in [0.25, 0.3) is 11.1 Å².